The Kier molecular flexibility index (Phi) is 47.3. The predicted molar refractivity (Wildman–Crippen MR) is 249 cm³/mol. The van der Waals surface area contributed by atoms with Gasteiger partial charge in [0.15, 0.2) is 0 Å². The van der Waals surface area contributed by atoms with Crippen LogP contribution in [0.2, 0.25) is 0 Å². The molecule has 0 bridgehead atoms. The number of hydrogen-bond donors (Lipinski definition) is 3. The van der Waals surface area contributed by atoms with Crippen molar-refractivity contribution in [3.8, 4) is 0 Å². The van der Waals surface area contributed by atoms with Crippen LogP contribution in [0.3, 0.4) is 0 Å². The normalized spacial score (nSPS) is 13.0. The summed E-state index contributed by atoms with van der Waals surface area (Å²) in [7, 11) is 0. The zero-order valence-corrected chi connectivity index (χ0v) is 38.2. The fraction of sp³-hybridized carbons (Fsp3) is 0.904. The van der Waals surface area contributed by atoms with Gasteiger partial charge in [-0.1, -0.05) is 263 Å². The first-order chi connectivity index (χ1) is 27.7. The molecule has 3 N–H and O–H groups in total. The van der Waals surface area contributed by atoms with Gasteiger partial charge in [0.05, 0.1) is 18.8 Å². The molecule has 1 amide bonds. The van der Waals surface area contributed by atoms with E-state index in [9.17, 15) is 15.0 Å². The summed E-state index contributed by atoms with van der Waals surface area (Å²) in [4.78, 5) is 12.4. The third-order valence-corrected chi connectivity index (χ3v) is 12.0. The second-order valence-electron chi connectivity index (χ2n) is 17.6. The first-order valence-corrected chi connectivity index (χ1v) is 25.5. The quantitative estimate of drug-likeness (QED) is 0.0425. The molecule has 0 radical (unpaired) electrons. The van der Waals surface area contributed by atoms with E-state index in [1.165, 1.54) is 212 Å². The van der Waals surface area contributed by atoms with E-state index in [1.54, 1.807) is 0 Å². The van der Waals surface area contributed by atoms with Gasteiger partial charge < -0.3 is 15.5 Å². The lowest BCUT2D eigenvalue weighted by Gasteiger charge is -2.22. The summed E-state index contributed by atoms with van der Waals surface area (Å²) in [5.41, 5.74) is 0. The van der Waals surface area contributed by atoms with Crippen molar-refractivity contribution >= 4 is 5.91 Å². The molecular weight excluding hydrogens is 687 g/mol. The number of carbonyl (C=O) groups excluding carboxylic acids is 1. The molecule has 0 rings (SSSR count). The van der Waals surface area contributed by atoms with Gasteiger partial charge in [0.1, 0.15) is 0 Å². The molecule has 0 saturated heterocycles. The van der Waals surface area contributed by atoms with Crippen molar-refractivity contribution in [2.45, 2.75) is 296 Å². The van der Waals surface area contributed by atoms with Gasteiger partial charge >= 0.3 is 0 Å². The fourth-order valence-electron chi connectivity index (χ4n) is 8.03. The van der Waals surface area contributed by atoms with E-state index in [1.807, 2.05) is 0 Å². The van der Waals surface area contributed by atoms with Crippen molar-refractivity contribution in [2.24, 2.45) is 0 Å². The Morgan fingerprint density at radius 3 is 1.12 bits per heavy atom. The number of unbranched alkanes of at least 4 members (excludes halogenated alkanes) is 36. The van der Waals surface area contributed by atoms with E-state index in [-0.39, 0.29) is 12.5 Å². The number of nitrogens with one attached hydrogen (secondary N) is 1. The lowest BCUT2D eigenvalue weighted by molar-refractivity contribution is -0.123. The van der Waals surface area contributed by atoms with Gasteiger partial charge in [-0.2, -0.15) is 0 Å². The number of amides is 1. The summed E-state index contributed by atoms with van der Waals surface area (Å²) in [5.74, 6) is -0.0428. The summed E-state index contributed by atoms with van der Waals surface area (Å²) in [6, 6.07) is -0.542. The highest BCUT2D eigenvalue weighted by molar-refractivity contribution is 5.76. The van der Waals surface area contributed by atoms with Crippen LogP contribution >= 0.6 is 0 Å². The predicted octanol–water partition coefficient (Wildman–Crippen LogP) is 16.4. The van der Waals surface area contributed by atoms with Crippen LogP contribution in [0.5, 0.6) is 0 Å². The van der Waals surface area contributed by atoms with E-state index < -0.39 is 12.1 Å². The molecule has 2 unspecified atom stereocenters. The van der Waals surface area contributed by atoms with Crippen molar-refractivity contribution in [3.63, 3.8) is 0 Å². The number of aliphatic hydroxyl groups excluding tert-OH is 2. The second-order valence-corrected chi connectivity index (χ2v) is 17.6. The van der Waals surface area contributed by atoms with Crippen LogP contribution in [-0.2, 0) is 4.79 Å². The molecule has 0 saturated carbocycles. The van der Waals surface area contributed by atoms with Gasteiger partial charge in [-0.25, -0.2) is 0 Å². The zero-order chi connectivity index (χ0) is 40.7. The Balaban J connectivity index is 3.41. The molecular formula is C52H101NO3. The van der Waals surface area contributed by atoms with Crippen LogP contribution in [0.25, 0.3) is 0 Å². The summed E-state index contributed by atoms with van der Waals surface area (Å²) < 4.78 is 0. The Morgan fingerprint density at radius 1 is 0.429 bits per heavy atom. The van der Waals surface area contributed by atoms with Crippen LogP contribution in [0.1, 0.15) is 284 Å². The van der Waals surface area contributed by atoms with E-state index in [4.69, 9.17) is 0 Å². The Hall–Kier alpha value is -1.13. The Morgan fingerprint density at radius 2 is 0.750 bits per heavy atom. The first kappa shape index (κ1) is 54.9. The van der Waals surface area contributed by atoms with E-state index in [0.29, 0.717) is 12.8 Å². The third kappa shape index (κ3) is 44.0. The molecule has 0 aromatic heterocycles. The number of aliphatic hydroxyl groups is 2. The smallest absolute Gasteiger partial charge is 0.220 e. The van der Waals surface area contributed by atoms with Gasteiger partial charge in [0.25, 0.3) is 0 Å². The Bertz CT molecular complexity index is 810. The molecule has 2 atom stereocenters. The molecule has 4 nitrogen and oxygen atoms in total. The molecule has 332 valence electrons. The Labute approximate surface area is 351 Å². The van der Waals surface area contributed by atoms with Gasteiger partial charge in [-0.15, -0.1) is 0 Å². The van der Waals surface area contributed by atoms with Crippen LogP contribution < -0.4 is 5.32 Å². The van der Waals surface area contributed by atoms with Gasteiger partial charge in [0, 0.05) is 6.42 Å². The SMILES string of the molecule is CCCC/C=C\C/C=C\CCCCCCCC(=O)NC(CO)C(O)CCCCCCCCCCCCCCCCCCCCCCCCCCCCCCCC. The molecule has 0 aromatic carbocycles. The van der Waals surface area contributed by atoms with E-state index >= 15 is 0 Å². The summed E-state index contributed by atoms with van der Waals surface area (Å²) >= 11 is 0. The van der Waals surface area contributed by atoms with Crippen molar-refractivity contribution in [1.82, 2.24) is 5.32 Å². The van der Waals surface area contributed by atoms with Crippen molar-refractivity contribution in [2.75, 3.05) is 6.61 Å². The van der Waals surface area contributed by atoms with Gasteiger partial charge in [-0.3, -0.25) is 4.79 Å². The lowest BCUT2D eigenvalue weighted by Crippen LogP contribution is -2.45. The average molecular weight is 788 g/mol. The molecule has 0 spiro atoms. The minimum Gasteiger partial charge on any atom is -0.394 e. The molecule has 0 fully saturated rings. The molecule has 0 aliphatic rings. The highest BCUT2D eigenvalue weighted by atomic mass is 16.3. The molecule has 0 aliphatic heterocycles. The molecule has 56 heavy (non-hydrogen) atoms. The lowest BCUT2D eigenvalue weighted by atomic mass is 10.0. The van der Waals surface area contributed by atoms with E-state index in [0.717, 1.165) is 44.9 Å². The minimum atomic E-state index is -0.664. The number of rotatable bonds is 47. The van der Waals surface area contributed by atoms with Crippen LogP contribution in [0.15, 0.2) is 24.3 Å². The standard InChI is InChI=1S/C52H101NO3/c1-3-5-7-9-11-13-15-17-19-20-21-22-23-24-25-26-27-28-29-30-31-32-33-34-35-37-39-41-43-45-47-51(55)50(49-54)53-52(56)48-46-44-42-40-38-36-18-16-14-12-10-8-6-4-2/h10,12,16,18,50-51,54-55H,3-9,11,13-15,17,19-49H2,1-2H3,(H,53,56)/b12-10-,18-16-. The topological polar surface area (TPSA) is 69.6 Å². The van der Waals surface area contributed by atoms with Crippen molar-refractivity contribution in [1.29, 1.82) is 0 Å². The van der Waals surface area contributed by atoms with Crippen LogP contribution in [0, 0.1) is 0 Å². The second kappa shape index (κ2) is 48.2. The average Bonchev–Trinajstić information content (AvgIpc) is 3.20. The molecule has 0 aliphatic carbocycles. The van der Waals surface area contributed by atoms with Crippen molar-refractivity contribution in [3.05, 3.63) is 24.3 Å². The maximum Gasteiger partial charge on any atom is 0.220 e. The van der Waals surface area contributed by atoms with Gasteiger partial charge in [-0.05, 0) is 38.5 Å². The van der Waals surface area contributed by atoms with Gasteiger partial charge in [0.2, 0.25) is 5.91 Å². The fourth-order valence-corrected chi connectivity index (χ4v) is 8.03. The minimum absolute atomic E-state index is 0.0428. The number of hydrogen-bond acceptors (Lipinski definition) is 3. The van der Waals surface area contributed by atoms with E-state index in [2.05, 4.69) is 43.5 Å². The summed E-state index contributed by atoms with van der Waals surface area (Å²) in [6.45, 7) is 4.33. The highest BCUT2D eigenvalue weighted by Crippen LogP contribution is 2.17. The zero-order valence-electron chi connectivity index (χ0n) is 38.2. The monoisotopic (exact) mass is 788 g/mol. The number of allylic oxidation sites excluding steroid dienone is 4. The van der Waals surface area contributed by atoms with Crippen LogP contribution in [-0.4, -0.2) is 34.9 Å². The maximum absolute atomic E-state index is 12.4. The largest absolute Gasteiger partial charge is 0.394 e. The molecule has 0 aromatic rings. The molecule has 0 heterocycles. The molecule has 4 heteroatoms. The van der Waals surface area contributed by atoms with Crippen LogP contribution in [0.4, 0.5) is 0 Å². The summed E-state index contributed by atoms with van der Waals surface area (Å²) in [6.07, 6.45) is 63.0. The summed E-state index contributed by atoms with van der Waals surface area (Å²) in [5, 5.41) is 23.2. The highest BCUT2D eigenvalue weighted by Gasteiger charge is 2.20. The number of carbonyl (C=O) groups is 1. The maximum atomic E-state index is 12.4. The van der Waals surface area contributed by atoms with Crippen molar-refractivity contribution < 1.29 is 15.0 Å². The first-order valence-electron chi connectivity index (χ1n) is 25.5. The third-order valence-electron chi connectivity index (χ3n) is 12.0.